The van der Waals surface area contributed by atoms with Gasteiger partial charge in [0.25, 0.3) is 22.2 Å². The van der Waals surface area contributed by atoms with E-state index in [1.165, 1.54) is 4.57 Å². The largest absolute Gasteiger partial charge is 0.394 e. The average Bonchev–Trinajstić information content (AvgIpc) is 0.782. The molecule has 0 spiro atoms. The van der Waals surface area contributed by atoms with Crippen molar-refractivity contribution in [1.29, 1.82) is 0 Å². The van der Waals surface area contributed by atoms with Gasteiger partial charge in [-0.2, -0.15) is 0 Å². The standard InChI is InChI=1S/C19H24N6O3.C19H22N6O2.C16H18N6O.C12H14ClN3O/c1-19(2,3)24-16-15-11(4-5-25(17(15)28)13(9-26)10-27)6-14(23-16)12-7-21-18(20)22-8-12;1-19(2,3)24-16-15-11(4-5-25(17(15)26)13-9-27-10-13)6-14(23-16)12-7-21-18(20)22-8-12;1-16(2,3)22-13-12-9(4-5-18-14(12)23)6-11(21-13)10-7-19-15(17)20-8-10;1-12(2,3)16-10-9-7(6-8(13)15-10)4-5-14-11(9)17/h4-8,13,26-27H,9-10H2,1-3H3,(H,23,24)(H2,20,21,22);4-8,13H,9-10H2,1-3H3,(H,23,24)(H2,20,21,22);4-8H,1-3H3,(H,18,23)(H,21,22)(H2,17,19,20);4-6H,1-3H3,(H,14,17)(H,15,16). The van der Waals surface area contributed by atoms with Crippen molar-refractivity contribution in [3.63, 3.8) is 0 Å². The first-order valence-electron chi connectivity index (χ1n) is 30.2. The summed E-state index contributed by atoms with van der Waals surface area (Å²) in [6.45, 7) is 24.4. The molecule has 1 aliphatic heterocycles. The lowest BCUT2D eigenvalue weighted by Crippen LogP contribution is -2.37. The lowest BCUT2D eigenvalue weighted by atomic mass is 10.1. The molecule has 0 aliphatic carbocycles. The van der Waals surface area contributed by atoms with Crippen LogP contribution in [-0.2, 0) is 4.74 Å². The fourth-order valence-corrected chi connectivity index (χ4v) is 9.98. The van der Waals surface area contributed by atoms with Gasteiger partial charge in [0, 0.05) is 101 Å². The van der Waals surface area contributed by atoms with Gasteiger partial charge in [-0.15, -0.1) is 0 Å². The minimum atomic E-state index is -0.718. The number of pyridine rings is 8. The Bertz CT molecular complexity index is 4820. The summed E-state index contributed by atoms with van der Waals surface area (Å²) in [6.07, 6.45) is 16.2. The molecule has 1 saturated heterocycles. The number of anilines is 7. The van der Waals surface area contributed by atoms with Gasteiger partial charge in [0.2, 0.25) is 17.8 Å². The van der Waals surface area contributed by atoms with Crippen LogP contribution in [0.25, 0.3) is 76.9 Å². The highest BCUT2D eigenvalue weighted by atomic mass is 35.5. The molecule has 28 nitrogen and oxygen atoms in total. The van der Waals surface area contributed by atoms with Gasteiger partial charge < -0.3 is 72.5 Å². The van der Waals surface area contributed by atoms with Crippen molar-refractivity contribution in [3.05, 3.63) is 157 Å². The third kappa shape index (κ3) is 17.2. The van der Waals surface area contributed by atoms with E-state index in [1.807, 2.05) is 114 Å². The van der Waals surface area contributed by atoms with E-state index >= 15 is 0 Å². The predicted molar refractivity (Wildman–Crippen MR) is 375 cm³/mol. The van der Waals surface area contributed by atoms with E-state index < -0.39 is 6.04 Å². The summed E-state index contributed by atoms with van der Waals surface area (Å²) in [6, 6.07) is 13.9. The maximum Gasteiger partial charge on any atom is 0.262 e. The predicted octanol–water partition coefficient (Wildman–Crippen LogP) is 8.35. The molecule has 0 bridgehead atoms. The number of halogens is 1. The zero-order chi connectivity index (χ0) is 68.9. The van der Waals surface area contributed by atoms with Gasteiger partial charge >= 0.3 is 0 Å². The Morgan fingerprint density at radius 2 is 0.842 bits per heavy atom. The van der Waals surface area contributed by atoms with Crippen LogP contribution in [0.4, 0.5) is 41.1 Å². The number of nitrogens with zero attached hydrogens (tertiary/aromatic N) is 12. The molecule has 1 aliphatic rings. The Balaban J connectivity index is 0.000000151. The maximum absolute atomic E-state index is 13.1. The zero-order valence-corrected chi connectivity index (χ0v) is 55.5. The van der Waals surface area contributed by atoms with Crippen LogP contribution in [0.15, 0.2) is 130 Å². The summed E-state index contributed by atoms with van der Waals surface area (Å²) < 4.78 is 8.29. The smallest absolute Gasteiger partial charge is 0.262 e. The highest BCUT2D eigenvalue weighted by molar-refractivity contribution is 6.30. The van der Waals surface area contributed by atoms with Crippen molar-refractivity contribution in [1.82, 2.24) is 68.9 Å². The van der Waals surface area contributed by atoms with Crippen LogP contribution in [0.1, 0.15) is 95.2 Å². The Morgan fingerprint density at radius 1 is 0.505 bits per heavy atom. The van der Waals surface area contributed by atoms with Crippen molar-refractivity contribution in [3.8, 4) is 33.8 Å². The highest BCUT2D eigenvalue weighted by Gasteiger charge is 2.26. The van der Waals surface area contributed by atoms with Gasteiger partial charge in [-0.1, -0.05) is 11.6 Å². The molecule has 95 heavy (non-hydrogen) atoms. The van der Waals surface area contributed by atoms with Crippen LogP contribution in [0.5, 0.6) is 0 Å². The molecular formula is C66H78ClN21O7. The molecule has 496 valence electrons. The molecule has 0 atom stereocenters. The number of nitrogen functional groups attached to an aromatic ring is 3. The molecule has 1 fully saturated rings. The van der Waals surface area contributed by atoms with Crippen molar-refractivity contribution < 1.29 is 14.9 Å². The highest BCUT2D eigenvalue weighted by Crippen LogP contribution is 2.32. The van der Waals surface area contributed by atoms with E-state index in [1.54, 1.807) is 84.6 Å². The topological polar surface area (TPSA) is 414 Å². The number of aromatic nitrogens is 14. The van der Waals surface area contributed by atoms with Crippen molar-refractivity contribution in [2.45, 2.75) is 117 Å². The van der Waals surface area contributed by atoms with E-state index in [0.717, 1.165) is 27.3 Å². The maximum atomic E-state index is 13.1. The molecule has 11 aromatic heterocycles. The second-order valence-electron chi connectivity index (χ2n) is 26.6. The lowest BCUT2D eigenvalue weighted by Gasteiger charge is -2.28. The molecular weight excluding hydrogens is 1230 g/mol. The summed E-state index contributed by atoms with van der Waals surface area (Å²) in [5.74, 6) is 2.58. The first-order valence-corrected chi connectivity index (χ1v) is 30.6. The summed E-state index contributed by atoms with van der Waals surface area (Å²) in [5, 5.41) is 37.5. The third-order valence-electron chi connectivity index (χ3n) is 14.0. The summed E-state index contributed by atoms with van der Waals surface area (Å²) in [7, 11) is 0. The molecule has 0 radical (unpaired) electrons. The Morgan fingerprint density at radius 3 is 1.20 bits per heavy atom. The number of aromatic amines is 2. The molecule has 11 aromatic rings. The number of H-pyrrole nitrogens is 2. The lowest BCUT2D eigenvalue weighted by molar-refractivity contribution is -0.0246. The normalized spacial score (nSPS) is 12.7. The molecule has 0 amide bonds. The zero-order valence-electron chi connectivity index (χ0n) is 54.8. The first kappa shape index (κ1) is 68.8. The van der Waals surface area contributed by atoms with Crippen molar-refractivity contribution >= 4 is 95.8 Å². The van der Waals surface area contributed by atoms with Gasteiger partial charge in [0.15, 0.2) is 0 Å². The van der Waals surface area contributed by atoms with Crippen LogP contribution in [0.3, 0.4) is 0 Å². The van der Waals surface area contributed by atoms with Crippen molar-refractivity contribution in [2.24, 2.45) is 0 Å². The number of aliphatic hydroxyl groups is 2. The van der Waals surface area contributed by atoms with E-state index in [4.69, 9.17) is 38.5 Å². The molecule has 29 heteroatoms. The molecule has 0 unspecified atom stereocenters. The number of nitrogens with one attached hydrogen (secondary N) is 6. The fraction of sp³-hybridized carbons (Fsp3) is 0.333. The fourth-order valence-electron chi connectivity index (χ4n) is 9.78. The molecule has 0 aromatic carbocycles. The van der Waals surface area contributed by atoms with Gasteiger partial charge in [-0.05, 0) is 153 Å². The summed E-state index contributed by atoms with van der Waals surface area (Å²) in [4.78, 5) is 97.8. The number of nitrogens with two attached hydrogens (primary N) is 3. The van der Waals surface area contributed by atoms with E-state index in [0.29, 0.717) is 91.2 Å². The quantitative estimate of drug-likeness (QED) is 0.0542. The minimum Gasteiger partial charge on any atom is -0.394 e. The summed E-state index contributed by atoms with van der Waals surface area (Å²) in [5.41, 5.74) is 19.0. The number of hydrogen-bond acceptors (Lipinski definition) is 24. The Labute approximate surface area is 550 Å². The van der Waals surface area contributed by atoms with E-state index in [-0.39, 0.29) is 81.5 Å². The number of rotatable bonds is 11. The van der Waals surface area contributed by atoms with Crippen LogP contribution in [0.2, 0.25) is 5.15 Å². The van der Waals surface area contributed by atoms with Crippen LogP contribution in [-0.4, -0.2) is 128 Å². The first-order chi connectivity index (χ1) is 44.7. The molecule has 14 N–H and O–H groups in total. The SMILES string of the molecule is CC(C)(C)Nc1nc(-c2cnc(N)nc2)cc2cc[nH]c(=O)c12.CC(C)(C)Nc1nc(-c2cnc(N)nc2)cc2ccn(C(CO)CO)c(=O)c12.CC(C)(C)Nc1nc(-c2cnc(N)nc2)cc2ccn(C3COC3)c(=O)c12.CC(C)(C)Nc1nc(Cl)cc2cc[nH]c(=O)c12. The Hall–Kier alpha value is -10.6. The average molecular weight is 1310 g/mol. The monoisotopic (exact) mass is 1310 g/mol. The second kappa shape index (κ2) is 28.0. The second-order valence-corrected chi connectivity index (χ2v) is 27.0. The van der Waals surface area contributed by atoms with Crippen molar-refractivity contribution in [2.75, 3.05) is 64.9 Å². The number of fused-ring (bicyclic) bond motifs is 4. The van der Waals surface area contributed by atoms with Crippen LogP contribution >= 0.6 is 11.6 Å². The minimum absolute atomic E-state index is 0.0693. The van der Waals surface area contributed by atoms with Crippen LogP contribution in [0, 0.1) is 0 Å². The van der Waals surface area contributed by atoms with Gasteiger partial charge in [-0.25, -0.2) is 49.8 Å². The number of aliphatic hydroxyl groups excluding tert-OH is 2. The van der Waals surface area contributed by atoms with Crippen LogP contribution < -0.4 is 60.7 Å². The molecule has 12 heterocycles. The van der Waals surface area contributed by atoms with E-state index in [2.05, 4.69) is 76.1 Å². The number of hydrogen-bond donors (Lipinski definition) is 11. The van der Waals surface area contributed by atoms with E-state index in [9.17, 15) is 29.4 Å². The van der Waals surface area contributed by atoms with Gasteiger partial charge in [-0.3, -0.25) is 19.2 Å². The third-order valence-corrected chi connectivity index (χ3v) is 14.2. The van der Waals surface area contributed by atoms with Gasteiger partial charge in [0.05, 0.1) is 77.1 Å². The van der Waals surface area contributed by atoms with Gasteiger partial charge in [0.1, 0.15) is 28.4 Å². The molecule has 12 rings (SSSR count). The number of ether oxygens (including phenoxy) is 1. The summed E-state index contributed by atoms with van der Waals surface area (Å²) >= 11 is 5.94. The molecule has 0 saturated carbocycles. The Kier molecular flexibility index (Phi) is 20.2.